The van der Waals surface area contributed by atoms with Crippen LogP contribution in [0.5, 0.6) is 5.75 Å². The smallest absolute Gasteiger partial charge is 0.269 e. The average molecular weight is 396 g/mol. The number of rotatable bonds is 7. The van der Waals surface area contributed by atoms with Gasteiger partial charge in [-0.2, -0.15) is 0 Å². The molecule has 6 heteroatoms. The number of hydrogen-bond acceptors (Lipinski definition) is 4. The first-order valence-electron chi connectivity index (χ1n) is 10.2. The van der Waals surface area contributed by atoms with Crippen LogP contribution in [0.25, 0.3) is 0 Å². The van der Waals surface area contributed by atoms with Crippen molar-refractivity contribution in [3.63, 3.8) is 0 Å². The number of carbonyl (C=O) groups is 1. The van der Waals surface area contributed by atoms with Gasteiger partial charge in [0.2, 0.25) is 5.91 Å². The Morgan fingerprint density at radius 3 is 2.41 bits per heavy atom. The first-order valence-corrected chi connectivity index (χ1v) is 10.2. The van der Waals surface area contributed by atoms with Gasteiger partial charge >= 0.3 is 0 Å². The van der Waals surface area contributed by atoms with Gasteiger partial charge in [0.15, 0.2) is 0 Å². The topological polar surface area (TPSA) is 81.5 Å². The fourth-order valence-corrected chi connectivity index (χ4v) is 3.94. The Labute approximate surface area is 171 Å². The number of non-ortho nitro benzene ring substituents is 1. The summed E-state index contributed by atoms with van der Waals surface area (Å²) >= 11 is 0. The van der Waals surface area contributed by atoms with E-state index in [1.165, 1.54) is 12.1 Å². The van der Waals surface area contributed by atoms with Gasteiger partial charge in [-0.3, -0.25) is 14.9 Å². The summed E-state index contributed by atoms with van der Waals surface area (Å²) in [5.74, 6) is 0.766. The molecule has 0 aromatic heterocycles. The number of amides is 1. The Balaban J connectivity index is 1.81. The van der Waals surface area contributed by atoms with Gasteiger partial charge in [0.25, 0.3) is 5.69 Å². The molecular weight excluding hydrogens is 368 g/mol. The largest absolute Gasteiger partial charge is 0.490 e. The maximum absolute atomic E-state index is 13.3. The second-order valence-electron chi connectivity index (χ2n) is 7.86. The number of ether oxygens (including phenoxy) is 1. The molecule has 1 aliphatic rings. The summed E-state index contributed by atoms with van der Waals surface area (Å²) in [6.07, 6.45) is 4.47. The van der Waals surface area contributed by atoms with E-state index in [2.05, 4.69) is 12.2 Å². The molecule has 0 radical (unpaired) electrons. The molecule has 0 aliphatic heterocycles. The molecule has 1 aliphatic carbocycles. The van der Waals surface area contributed by atoms with Crippen LogP contribution in [0.1, 0.15) is 57.1 Å². The van der Waals surface area contributed by atoms with Crippen LogP contribution in [0.4, 0.5) is 11.4 Å². The highest BCUT2D eigenvalue weighted by molar-refractivity contribution is 5.99. The molecule has 1 atom stereocenters. The van der Waals surface area contributed by atoms with Gasteiger partial charge in [0.05, 0.1) is 16.4 Å². The Kier molecular flexibility index (Phi) is 6.20. The van der Waals surface area contributed by atoms with E-state index in [-0.39, 0.29) is 17.7 Å². The Morgan fingerprint density at radius 2 is 1.86 bits per heavy atom. The summed E-state index contributed by atoms with van der Waals surface area (Å²) in [7, 11) is 0. The first kappa shape index (κ1) is 20.8. The first-order chi connectivity index (χ1) is 13.9. The zero-order valence-corrected chi connectivity index (χ0v) is 17.2. The second kappa shape index (κ2) is 8.64. The lowest BCUT2D eigenvalue weighted by Gasteiger charge is -2.28. The molecule has 154 valence electrons. The number of aryl methyl sites for hydroxylation is 1. The summed E-state index contributed by atoms with van der Waals surface area (Å²) in [6.45, 7) is 6.08. The maximum atomic E-state index is 13.3. The monoisotopic (exact) mass is 396 g/mol. The average Bonchev–Trinajstić information content (AvgIpc) is 3.21. The number of benzene rings is 2. The molecule has 2 aromatic carbocycles. The molecule has 0 unspecified atom stereocenters. The number of anilines is 1. The van der Waals surface area contributed by atoms with Crippen LogP contribution in [0.15, 0.2) is 42.5 Å². The third-order valence-electron chi connectivity index (χ3n) is 5.86. The molecule has 1 saturated carbocycles. The SMILES string of the molecule is CC[C@@H](C)Oc1ccc(NC(=O)C2(c3ccc([N+](=O)[O-])cc3)CCCC2)cc1C. The highest BCUT2D eigenvalue weighted by Crippen LogP contribution is 2.42. The molecular formula is C23H28N2O4. The van der Waals surface area contributed by atoms with Gasteiger partial charge in [0, 0.05) is 17.8 Å². The maximum Gasteiger partial charge on any atom is 0.269 e. The second-order valence-corrected chi connectivity index (χ2v) is 7.86. The molecule has 2 aromatic rings. The van der Waals surface area contributed by atoms with Crippen molar-refractivity contribution in [3.8, 4) is 5.75 Å². The lowest BCUT2D eigenvalue weighted by Crippen LogP contribution is -2.38. The van der Waals surface area contributed by atoms with Crippen molar-refractivity contribution in [2.24, 2.45) is 0 Å². The quantitative estimate of drug-likeness (QED) is 0.493. The van der Waals surface area contributed by atoms with Crippen LogP contribution in [0, 0.1) is 17.0 Å². The van der Waals surface area contributed by atoms with Crippen LogP contribution in [-0.4, -0.2) is 16.9 Å². The molecule has 1 N–H and O–H groups in total. The minimum Gasteiger partial charge on any atom is -0.490 e. The van der Waals surface area contributed by atoms with E-state index < -0.39 is 10.3 Å². The lowest BCUT2D eigenvalue weighted by atomic mass is 9.78. The highest BCUT2D eigenvalue weighted by Gasteiger charge is 2.42. The molecule has 1 amide bonds. The third kappa shape index (κ3) is 4.42. The summed E-state index contributed by atoms with van der Waals surface area (Å²) in [4.78, 5) is 23.8. The Hall–Kier alpha value is -2.89. The Bertz CT molecular complexity index is 886. The van der Waals surface area contributed by atoms with E-state index in [9.17, 15) is 14.9 Å². The van der Waals surface area contributed by atoms with Crippen molar-refractivity contribution in [3.05, 3.63) is 63.7 Å². The Morgan fingerprint density at radius 1 is 1.21 bits per heavy atom. The van der Waals surface area contributed by atoms with Crippen molar-refractivity contribution < 1.29 is 14.5 Å². The molecule has 0 bridgehead atoms. The number of nitro benzene ring substituents is 1. The summed E-state index contributed by atoms with van der Waals surface area (Å²) in [5, 5.41) is 14.0. The summed E-state index contributed by atoms with van der Waals surface area (Å²) in [6, 6.07) is 12.1. The van der Waals surface area contributed by atoms with Crippen molar-refractivity contribution >= 4 is 17.3 Å². The molecule has 6 nitrogen and oxygen atoms in total. The predicted molar refractivity (Wildman–Crippen MR) is 113 cm³/mol. The molecule has 29 heavy (non-hydrogen) atoms. The number of carbonyl (C=O) groups excluding carboxylic acids is 1. The van der Waals surface area contributed by atoms with Crippen molar-refractivity contribution in [2.45, 2.75) is 64.4 Å². The van der Waals surface area contributed by atoms with Crippen LogP contribution >= 0.6 is 0 Å². The van der Waals surface area contributed by atoms with Gasteiger partial charge < -0.3 is 10.1 Å². The van der Waals surface area contributed by atoms with Crippen LogP contribution in [-0.2, 0) is 10.2 Å². The van der Waals surface area contributed by atoms with Gasteiger partial charge in [0.1, 0.15) is 5.75 Å². The van der Waals surface area contributed by atoms with Gasteiger partial charge in [-0.15, -0.1) is 0 Å². The van der Waals surface area contributed by atoms with Gasteiger partial charge in [-0.1, -0.05) is 31.9 Å². The van der Waals surface area contributed by atoms with Crippen molar-refractivity contribution in [2.75, 3.05) is 5.32 Å². The van der Waals surface area contributed by atoms with E-state index in [0.717, 1.165) is 54.7 Å². The zero-order chi connectivity index (χ0) is 21.0. The molecule has 0 saturated heterocycles. The minimum absolute atomic E-state index is 0.0369. The number of nitro groups is 1. The number of nitrogens with one attached hydrogen (secondary N) is 1. The number of nitrogens with zero attached hydrogens (tertiary/aromatic N) is 1. The van der Waals surface area contributed by atoms with Crippen LogP contribution in [0.2, 0.25) is 0 Å². The molecule has 1 fully saturated rings. The van der Waals surface area contributed by atoms with Gasteiger partial charge in [-0.05, 0) is 62.4 Å². The van der Waals surface area contributed by atoms with E-state index in [4.69, 9.17) is 4.74 Å². The predicted octanol–water partition coefficient (Wildman–Crippen LogP) is 5.53. The fraction of sp³-hybridized carbons (Fsp3) is 0.435. The zero-order valence-electron chi connectivity index (χ0n) is 17.2. The molecule has 0 heterocycles. The van der Waals surface area contributed by atoms with Crippen LogP contribution in [0.3, 0.4) is 0 Å². The number of hydrogen-bond donors (Lipinski definition) is 1. The fourth-order valence-electron chi connectivity index (χ4n) is 3.94. The van der Waals surface area contributed by atoms with Crippen LogP contribution < -0.4 is 10.1 Å². The normalized spacial score (nSPS) is 16.2. The lowest BCUT2D eigenvalue weighted by molar-refractivity contribution is -0.384. The standard InChI is InChI=1S/C23H28N2O4/c1-4-17(3)29-21-12-9-19(15-16(21)2)24-22(26)23(13-5-6-14-23)18-7-10-20(11-8-18)25(27)28/h7-12,15,17H,4-6,13-14H2,1-3H3,(H,24,26)/t17-/m1/s1. The van der Waals surface area contributed by atoms with Crippen molar-refractivity contribution in [1.82, 2.24) is 0 Å². The summed E-state index contributed by atoms with van der Waals surface area (Å²) in [5.41, 5.74) is 1.94. The van der Waals surface area contributed by atoms with Crippen molar-refractivity contribution in [1.29, 1.82) is 0 Å². The molecule has 0 spiro atoms. The van der Waals surface area contributed by atoms with E-state index >= 15 is 0 Å². The van der Waals surface area contributed by atoms with Gasteiger partial charge in [-0.25, -0.2) is 0 Å². The van der Waals surface area contributed by atoms with E-state index in [0.29, 0.717) is 0 Å². The minimum atomic E-state index is -0.644. The van der Waals surface area contributed by atoms with E-state index in [1.54, 1.807) is 12.1 Å². The summed E-state index contributed by atoms with van der Waals surface area (Å²) < 4.78 is 5.91. The van der Waals surface area contributed by atoms with E-state index in [1.807, 2.05) is 32.0 Å². The third-order valence-corrected chi connectivity index (χ3v) is 5.86. The molecule has 3 rings (SSSR count). The highest BCUT2D eigenvalue weighted by atomic mass is 16.6.